The highest BCUT2D eigenvalue weighted by molar-refractivity contribution is 7.98. The van der Waals surface area contributed by atoms with E-state index < -0.39 is 0 Å². The smallest absolute Gasteiger partial charge is 0.275 e. The van der Waals surface area contributed by atoms with Crippen LogP contribution < -0.4 is 4.74 Å². The van der Waals surface area contributed by atoms with Gasteiger partial charge in [0.25, 0.3) is 5.91 Å². The Kier molecular flexibility index (Phi) is 6.11. The number of likely N-dealkylation sites (tertiary alicyclic amines) is 1. The molecule has 7 heteroatoms. The van der Waals surface area contributed by atoms with Crippen molar-refractivity contribution in [3.8, 4) is 5.75 Å². The predicted molar refractivity (Wildman–Crippen MR) is 106 cm³/mol. The number of thioether (sulfide) groups is 1. The van der Waals surface area contributed by atoms with Gasteiger partial charge < -0.3 is 19.1 Å². The van der Waals surface area contributed by atoms with Crippen LogP contribution in [0.1, 0.15) is 29.6 Å². The standard InChI is InChI=1S/C20H27N3O3S/c1-20(9-10-22(2)13-20)14-23(3)19(24)16-11-15(26-21-16)12-25-17-7-5-6-8-18(17)27-4/h5-8,11H,9-10,12-14H2,1-4H3. The number of para-hydroxylation sites is 1. The summed E-state index contributed by atoms with van der Waals surface area (Å²) in [5, 5.41) is 3.94. The molecule has 3 rings (SSSR count). The maximum Gasteiger partial charge on any atom is 0.275 e. The van der Waals surface area contributed by atoms with Crippen LogP contribution in [0.15, 0.2) is 39.8 Å². The van der Waals surface area contributed by atoms with E-state index in [-0.39, 0.29) is 17.9 Å². The van der Waals surface area contributed by atoms with Crippen molar-refractivity contribution in [3.63, 3.8) is 0 Å². The Labute approximate surface area is 164 Å². The molecule has 1 aromatic carbocycles. The van der Waals surface area contributed by atoms with Crippen LogP contribution in [0.5, 0.6) is 5.75 Å². The van der Waals surface area contributed by atoms with Crippen LogP contribution in [0.3, 0.4) is 0 Å². The number of benzene rings is 1. The molecule has 0 saturated carbocycles. The first-order valence-corrected chi connectivity index (χ1v) is 10.3. The minimum absolute atomic E-state index is 0.120. The van der Waals surface area contributed by atoms with Crippen LogP contribution in [-0.4, -0.2) is 60.8 Å². The minimum Gasteiger partial charge on any atom is -0.484 e. The number of amides is 1. The number of hydrogen-bond donors (Lipinski definition) is 0. The van der Waals surface area contributed by atoms with Crippen molar-refractivity contribution in [1.29, 1.82) is 0 Å². The third-order valence-electron chi connectivity index (χ3n) is 4.93. The van der Waals surface area contributed by atoms with Crippen LogP contribution in [0.2, 0.25) is 0 Å². The number of aromatic nitrogens is 1. The Balaban J connectivity index is 1.58. The molecule has 1 saturated heterocycles. The van der Waals surface area contributed by atoms with Gasteiger partial charge in [-0.25, -0.2) is 0 Å². The molecule has 2 heterocycles. The van der Waals surface area contributed by atoms with Gasteiger partial charge in [-0.1, -0.05) is 24.2 Å². The van der Waals surface area contributed by atoms with Crippen molar-refractivity contribution in [2.45, 2.75) is 24.8 Å². The Bertz CT molecular complexity index is 794. The number of carbonyl (C=O) groups is 1. The monoisotopic (exact) mass is 389 g/mol. The second kappa shape index (κ2) is 8.35. The quantitative estimate of drug-likeness (QED) is 0.677. The Morgan fingerprint density at radius 1 is 1.44 bits per heavy atom. The first-order valence-electron chi connectivity index (χ1n) is 9.06. The van der Waals surface area contributed by atoms with E-state index >= 15 is 0 Å². The van der Waals surface area contributed by atoms with Crippen LogP contribution >= 0.6 is 11.8 Å². The van der Waals surface area contributed by atoms with E-state index in [0.717, 1.165) is 30.2 Å². The van der Waals surface area contributed by atoms with Crippen molar-refractivity contribution >= 4 is 17.7 Å². The van der Waals surface area contributed by atoms with Gasteiger partial charge in [-0.3, -0.25) is 4.79 Å². The van der Waals surface area contributed by atoms with E-state index in [4.69, 9.17) is 9.26 Å². The Morgan fingerprint density at radius 2 is 2.22 bits per heavy atom. The molecule has 0 aliphatic carbocycles. The molecule has 0 bridgehead atoms. The Morgan fingerprint density at radius 3 is 2.93 bits per heavy atom. The second-order valence-corrected chi connectivity index (χ2v) is 8.43. The highest BCUT2D eigenvalue weighted by Crippen LogP contribution is 2.30. The first kappa shape index (κ1) is 19.8. The van der Waals surface area contributed by atoms with Gasteiger partial charge in [0, 0.05) is 31.1 Å². The zero-order valence-corrected chi connectivity index (χ0v) is 17.2. The number of carbonyl (C=O) groups excluding carboxylic acids is 1. The fraction of sp³-hybridized carbons (Fsp3) is 0.500. The molecule has 27 heavy (non-hydrogen) atoms. The van der Waals surface area contributed by atoms with Gasteiger partial charge in [-0.05, 0) is 43.8 Å². The molecule has 1 atom stereocenters. The maximum absolute atomic E-state index is 12.7. The van der Waals surface area contributed by atoms with Crippen molar-refractivity contribution in [2.75, 3.05) is 40.0 Å². The lowest BCUT2D eigenvalue weighted by molar-refractivity contribution is 0.0719. The summed E-state index contributed by atoms with van der Waals surface area (Å²) >= 11 is 1.62. The summed E-state index contributed by atoms with van der Waals surface area (Å²) in [5.41, 5.74) is 0.445. The third-order valence-corrected chi connectivity index (χ3v) is 5.71. The lowest BCUT2D eigenvalue weighted by Crippen LogP contribution is -2.38. The number of nitrogens with zero attached hydrogens (tertiary/aromatic N) is 3. The molecule has 6 nitrogen and oxygen atoms in total. The van der Waals surface area contributed by atoms with Gasteiger partial charge in [-0.2, -0.15) is 0 Å². The molecule has 0 N–H and O–H groups in total. The molecule has 1 aliphatic rings. The average molecular weight is 390 g/mol. The van der Waals surface area contributed by atoms with Crippen LogP contribution in [0.4, 0.5) is 0 Å². The van der Waals surface area contributed by atoms with Gasteiger partial charge in [0.1, 0.15) is 12.4 Å². The van der Waals surface area contributed by atoms with E-state index in [1.54, 1.807) is 22.7 Å². The molecule has 146 valence electrons. The zero-order valence-electron chi connectivity index (χ0n) is 16.4. The maximum atomic E-state index is 12.7. The van der Waals surface area contributed by atoms with Gasteiger partial charge in [0.15, 0.2) is 11.5 Å². The normalized spacial score (nSPS) is 20.0. The van der Waals surface area contributed by atoms with E-state index in [0.29, 0.717) is 18.0 Å². The summed E-state index contributed by atoms with van der Waals surface area (Å²) in [6.07, 6.45) is 3.10. The molecule has 0 spiro atoms. The van der Waals surface area contributed by atoms with E-state index in [2.05, 4.69) is 24.0 Å². The van der Waals surface area contributed by atoms with Gasteiger partial charge >= 0.3 is 0 Å². The molecule has 1 unspecified atom stereocenters. The molecule has 0 radical (unpaired) electrons. The topological polar surface area (TPSA) is 58.8 Å². The zero-order chi connectivity index (χ0) is 19.4. The fourth-order valence-electron chi connectivity index (χ4n) is 3.61. The highest BCUT2D eigenvalue weighted by atomic mass is 32.2. The summed E-state index contributed by atoms with van der Waals surface area (Å²) in [6, 6.07) is 9.50. The van der Waals surface area contributed by atoms with Crippen molar-refractivity contribution in [2.24, 2.45) is 5.41 Å². The molecule has 1 amide bonds. The van der Waals surface area contributed by atoms with E-state index in [1.165, 1.54) is 0 Å². The molecule has 1 aliphatic heterocycles. The molecular formula is C20H27N3O3S. The van der Waals surface area contributed by atoms with Crippen LogP contribution in [0.25, 0.3) is 0 Å². The lowest BCUT2D eigenvalue weighted by Gasteiger charge is -2.29. The largest absolute Gasteiger partial charge is 0.484 e. The average Bonchev–Trinajstić information content (AvgIpc) is 3.26. The van der Waals surface area contributed by atoms with Crippen LogP contribution in [0, 0.1) is 5.41 Å². The van der Waals surface area contributed by atoms with Gasteiger partial charge in [0.05, 0.1) is 0 Å². The fourth-order valence-corrected chi connectivity index (χ4v) is 4.15. The number of ether oxygens (including phenoxy) is 1. The summed E-state index contributed by atoms with van der Waals surface area (Å²) < 4.78 is 11.1. The first-order chi connectivity index (χ1) is 12.9. The molecule has 1 fully saturated rings. The summed E-state index contributed by atoms with van der Waals surface area (Å²) in [7, 11) is 3.94. The Hall–Kier alpha value is -1.99. The van der Waals surface area contributed by atoms with Crippen molar-refractivity contribution < 1.29 is 14.1 Å². The summed E-state index contributed by atoms with van der Waals surface area (Å²) in [5.74, 6) is 1.21. The van der Waals surface area contributed by atoms with Crippen molar-refractivity contribution in [3.05, 3.63) is 41.8 Å². The van der Waals surface area contributed by atoms with Gasteiger partial charge in [0.2, 0.25) is 0 Å². The van der Waals surface area contributed by atoms with E-state index in [9.17, 15) is 4.79 Å². The molecule has 2 aromatic rings. The minimum atomic E-state index is -0.120. The summed E-state index contributed by atoms with van der Waals surface area (Å²) in [4.78, 5) is 17.8. The van der Waals surface area contributed by atoms with Crippen LogP contribution in [-0.2, 0) is 6.61 Å². The van der Waals surface area contributed by atoms with E-state index in [1.807, 2.05) is 37.6 Å². The van der Waals surface area contributed by atoms with Crippen molar-refractivity contribution in [1.82, 2.24) is 15.0 Å². The SMILES string of the molecule is CSc1ccccc1OCc1cc(C(=O)N(C)CC2(C)CCN(C)C2)no1. The molecule has 1 aromatic heterocycles. The predicted octanol–water partition coefficient (Wildman–Crippen LogP) is 3.39. The second-order valence-electron chi connectivity index (χ2n) is 7.58. The summed E-state index contributed by atoms with van der Waals surface area (Å²) in [6.45, 7) is 5.24. The highest BCUT2D eigenvalue weighted by Gasteiger charge is 2.34. The number of rotatable bonds is 7. The lowest BCUT2D eigenvalue weighted by atomic mass is 9.89. The molecular weight excluding hydrogens is 362 g/mol. The number of hydrogen-bond acceptors (Lipinski definition) is 6. The third kappa shape index (κ3) is 4.84. The van der Waals surface area contributed by atoms with Gasteiger partial charge in [-0.15, -0.1) is 11.8 Å².